The van der Waals surface area contributed by atoms with Crippen LogP contribution in [0.15, 0.2) is 0 Å². The smallest absolute Gasteiger partial charge is 0.00202 e. The lowest BCUT2D eigenvalue weighted by Gasteiger charge is -2.38. The minimum Gasteiger partial charge on any atom is -0.330 e. The average molecular weight is 215 g/mol. The molecule has 0 aliphatic heterocycles. The van der Waals surface area contributed by atoms with Gasteiger partial charge in [0.2, 0.25) is 0 Å². The second-order valence-electron chi connectivity index (χ2n) is 4.83. The van der Waals surface area contributed by atoms with Crippen LogP contribution in [0.3, 0.4) is 0 Å². The Kier molecular flexibility index (Phi) is 5.32. The van der Waals surface area contributed by atoms with E-state index >= 15 is 0 Å². The molecule has 0 aromatic carbocycles. The quantitative estimate of drug-likeness (QED) is 0.712. The van der Waals surface area contributed by atoms with E-state index in [0.29, 0.717) is 5.41 Å². The molecule has 0 heterocycles. The van der Waals surface area contributed by atoms with Crippen molar-refractivity contribution in [3.63, 3.8) is 0 Å². The van der Waals surface area contributed by atoms with Crippen molar-refractivity contribution in [1.29, 1.82) is 0 Å². The Morgan fingerprint density at radius 3 is 2.50 bits per heavy atom. The largest absolute Gasteiger partial charge is 0.330 e. The lowest BCUT2D eigenvalue weighted by molar-refractivity contribution is 0.159. The van der Waals surface area contributed by atoms with E-state index in [1.807, 2.05) is 0 Å². The molecule has 1 aliphatic carbocycles. The van der Waals surface area contributed by atoms with Crippen LogP contribution in [0.4, 0.5) is 0 Å². The van der Waals surface area contributed by atoms with Gasteiger partial charge in [-0.2, -0.15) is 11.8 Å². The van der Waals surface area contributed by atoms with E-state index in [2.05, 4.69) is 25.6 Å². The van der Waals surface area contributed by atoms with Crippen molar-refractivity contribution in [3.8, 4) is 0 Å². The monoisotopic (exact) mass is 215 g/mol. The van der Waals surface area contributed by atoms with Crippen molar-refractivity contribution in [1.82, 2.24) is 0 Å². The van der Waals surface area contributed by atoms with Gasteiger partial charge in [0.1, 0.15) is 0 Å². The SMILES string of the molecule is CCSCCC1(CN)CCC(C)CC1. The third kappa shape index (κ3) is 3.47. The van der Waals surface area contributed by atoms with E-state index in [1.54, 1.807) is 0 Å². The van der Waals surface area contributed by atoms with Crippen molar-refractivity contribution in [2.75, 3.05) is 18.1 Å². The highest BCUT2D eigenvalue weighted by molar-refractivity contribution is 7.99. The molecule has 0 aromatic heterocycles. The molecule has 1 saturated carbocycles. The van der Waals surface area contributed by atoms with Crippen molar-refractivity contribution in [3.05, 3.63) is 0 Å². The molecule has 0 unspecified atom stereocenters. The zero-order chi connectivity index (χ0) is 10.4. The summed E-state index contributed by atoms with van der Waals surface area (Å²) in [5.41, 5.74) is 6.47. The van der Waals surface area contributed by atoms with Crippen LogP contribution < -0.4 is 5.73 Å². The molecule has 0 saturated heterocycles. The Bertz CT molecular complexity index is 150. The van der Waals surface area contributed by atoms with E-state index in [9.17, 15) is 0 Å². The Hall–Kier alpha value is 0.310. The summed E-state index contributed by atoms with van der Waals surface area (Å²) in [6, 6.07) is 0. The molecule has 1 nitrogen and oxygen atoms in total. The highest BCUT2D eigenvalue weighted by Crippen LogP contribution is 2.41. The Labute approximate surface area is 93.2 Å². The first-order valence-corrected chi connectivity index (χ1v) is 7.16. The van der Waals surface area contributed by atoms with E-state index in [1.165, 1.54) is 43.6 Å². The number of thioether (sulfide) groups is 1. The molecule has 0 aromatic rings. The summed E-state index contributed by atoms with van der Waals surface area (Å²) in [7, 11) is 0. The van der Waals surface area contributed by atoms with Crippen LogP contribution in [0, 0.1) is 11.3 Å². The zero-order valence-corrected chi connectivity index (χ0v) is 10.5. The molecule has 2 heteroatoms. The molecule has 1 fully saturated rings. The summed E-state index contributed by atoms with van der Waals surface area (Å²) >= 11 is 2.06. The fraction of sp³-hybridized carbons (Fsp3) is 1.00. The molecule has 1 aliphatic rings. The first-order valence-electron chi connectivity index (χ1n) is 6.00. The summed E-state index contributed by atoms with van der Waals surface area (Å²) in [5.74, 6) is 3.49. The van der Waals surface area contributed by atoms with Crippen LogP contribution in [0.5, 0.6) is 0 Å². The van der Waals surface area contributed by atoms with Crippen LogP contribution in [-0.2, 0) is 0 Å². The second kappa shape index (κ2) is 6.02. The van der Waals surface area contributed by atoms with E-state index in [-0.39, 0.29) is 0 Å². The summed E-state index contributed by atoms with van der Waals surface area (Å²) in [4.78, 5) is 0. The number of hydrogen-bond acceptors (Lipinski definition) is 2. The maximum absolute atomic E-state index is 5.96. The lowest BCUT2D eigenvalue weighted by atomic mass is 9.69. The van der Waals surface area contributed by atoms with Crippen molar-refractivity contribution < 1.29 is 0 Å². The fourth-order valence-corrected chi connectivity index (χ4v) is 3.23. The predicted octanol–water partition coefficient (Wildman–Crippen LogP) is 3.28. The standard InChI is InChI=1S/C12H25NS/c1-3-14-9-8-12(10-13)6-4-11(2)5-7-12/h11H,3-10,13H2,1-2H3. The molecule has 84 valence electrons. The van der Waals surface area contributed by atoms with Gasteiger partial charge in [-0.3, -0.25) is 0 Å². The van der Waals surface area contributed by atoms with Gasteiger partial charge in [0.25, 0.3) is 0 Å². The molecular weight excluding hydrogens is 190 g/mol. The molecule has 2 N–H and O–H groups in total. The van der Waals surface area contributed by atoms with Gasteiger partial charge in [-0.15, -0.1) is 0 Å². The van der Waals surface area contributed by atoms with Gasteiger partial charge in [-0.05, 0) is 48.6 Å². The van der Waals surface area contributed by atoms with Gasteiger partial charge >= 0.3 is 0 Å². The maximum atomic E-state index is 5.96. The molecule has 0 spiro atoms. The van der Waals surface area contributed by atoms with Gasteiger partial charge in [0.15, 0.2) is 0 Å². The molecule has 0 bridgehead atoms. The Morgan fingerprint density at radius 1 is 1.36 bits per heavy atom. The van der Waals surface area contributed by atoms with E-state index < -0.39 is 0 Å². The Balaban J connectivity index is 2.34. The highest BCUT2D eigenvalue weighted by atomic mass is 32.2. The lowest BCUT2D eigenvalue weighted by Crippen LogP contribution is -2.35. The molecule has 0 atom stereocenters. The molecule has 14 heavy (non-hydrogen) atoms. The maximum Gasteiger partial charge on any atom is -0.00202 e. The molecular formula is C12H25NS. The summed E-state index contributed by atoms with van der Waals surface area (Å²) in [6.45, 7) is 5.52. The van der Waals surface area contributed by atoms with Crippen molar-refractivity contribution in [2.24, 2.45) is 17.1 Å². The summed E-state index contributed by atoms with van der Waals surface area (Å²) in [5, 5.41) is 0. The van der Waals surface area contributed by atoms with Crippen LogP contribution in [0.1, 0.15) is 46.0 Å². The molecule has 0 radical (unpaired) electrons. The minimum absolute atomic E-state index is 0.509. The van der Waals surface area contributed by atoms with Gasteiger partial charge < -0.3 is 5.73 Å². The average Bonchev–Trinajstić information content (AvgIpc) is 2.22. The van der Waals surface area contributed by atoms with Crippen LogP contribution >= 0.6 is 11.8 Å². The van der Waals surface area contributed by atoms with Crippen molar-refractivity contribution >= 4 is 11.8 Å². The van der Waals surface area contributed by atoms with E-state index in [4.69, 9.17) is 5.73 Å². The normalized spacial score (nSPS) is 33.2. The van der Waals surface area contributed by atoms with E-state index in [0.717, 1.165) is 12.5 Å². The van der Waals surface area contributed by atoms with Crippen LogP contribution in [-0.4, -0.2) is 18.1 Å². The number of nitrogens with two attached hydrogens (primary N) is 1. The van der Waals surface area contributed by atoms with Crippen LogP contribution in [0.2, 0.25) is 0 Å². The fourth-order valence-electron chi connectivity index (χ4n) is 2.36. The Morgan fingerprint density at radius 2 is 2.00 bits per heavy atom. The first kappa shape index (κ1) is 12.4. The minimum atomic E-state index is 0.509. The second-order valence-corrected chi connectivity index (χ2v) is 6.23. The van der Waals surface area contributed by atoms with Gasteiger partial charge in [0.05, 0.1) is 0 Å². The third-order valence-electron chi connectivity index (χ3n) is 3.75. The summed E-state index contributed by atoms with van der Waals surface area (Å²) in [6.07, 6.45) is 6.88. The zero-order valence-electron chi connectivity index (χ0n) is 9.72. The third-order valence-corrected chi connectivity index (χ3v) is 4.65. The number of hydrogen-bond donors (Lipinski definition) is 1. The van der Waals surface area contributed by atoms with Gasteiger partial charge in [-0.25, -0.2) is 0 Å². The highest BCUT2D eigenvalue weighted by Gasteiger charge is 2.32. The summed E-state index contributed by atoms with van der Waals surface area (Å²) < 4.78 is 0. The van der Waals surface area contributed by atoms with Crippen molar-refractivity contribution in [2.45, 2.75) is 46.0 Å². The van der Waals surface area contributed by atoms with Gasteiger partial charge in [-0.1, -0.05) is 26.7 Å². The number of rotatable bonds is 5. The predicted molar refractivity (Wildman–Crippen MR) is 66.7 cm³/mol. The first-order chi connectivity index (χ1) is 6.72. The molecule has 1 rings (SSSR count). The van der Waals surface area contributed by atoms with Gasteiger partial charge in [0, 0.05) is 0 Å². The molecule has 0 amide bonds. The van der Waals surface area contributed by atoms with Crippen LogP contribution in [0.25, 0.3) is 0 Å². The topological polar surface area (TPSA) is 26.0 Å².